The summed E-state index contributed by atoms with van der Waals surface area (Å²) in [5, 5.41) is 0. The molecule has 1 N–H and O–H groups in total. The monoisotopic (exact) mass is 391 g/mol. The number of hydrogen-bond donors (Lipinski definition) is 1. The lowest BCUT2D eigenvalue weighted by molar-refractivity contribution is 0.0683. The van der Waals surface area contributed by atoms with E-state index in [2.05, 4.69) is 18.6 Å². The fraction of sp³-hybridized carbons (Fsp3) is 0.421. The van der Waals surface area contributed by atoms with Crippen LogP contribution < -0.4 is 9.46 Å². The summed E-state index contributed by atoms with van der Waals surface area (Å²) < 4.78 is 35.0. The Hall–Kier alpha value is -2.32. The van der Waals surface area contributed by atoms with E-state index in [1.165, 1.54) is 12.3 Å². The molecule has 0 unspecified atom stereocenters. The Morgan fingerprint density at radius 2 is 1.96 bits per heavy atom. The molecule has 0 spiro atoms. The molecule has 2 aromatic rings. The number of ether oxygens (including phenoxy) is 1. The van der Waals surface area contributed by atoms with Crippen molar-refractivity contribution >= 4 is 15.9 Å². The van der Waals surface area contributed by atoms with E-state index >= 15 is 0 Å². The number of sulfonamides is 1. The van der Waals surface area contributed by atoms with Crippen molar-refractivity contribution in [3.05, 3.63) is 47.8 Å². The number of nitrogens with one attached hydrogen (secondary N) is 1. The summed E-state index contributed by atoms with van der Waals surface area (Å²) in [4.78, 5) is 14.5. The molecule has 0 atom stereocenters. The van der Waals surface area contributed by atoms with Crippen molar-refractivity contribution < 1.29 is 17.9 Å². The first-order chi connectivity index (χ1) is 12.8. The number of hydrogen-bond acceptors (Lipinski definition) is 4. The van der Waals surface area contributed by atoms with Gasteiger partial charge in [-0.2, -0.15) is 0 Å². The quantitative estimate of drug-likeness (QED) is 0.784. The van der Waals surface area contributed by atoms with Gasteiger partial charge in [0.05, 0.1) is 7.11 Å². The lowest BCUT2D eigenvalue weighted by Crippen LogP contribution is -2.41. The molecule has 1 aromatic heterocycles. The summed E-state index contributed by atoms with van der Waals surface area (Å²) >= 11 is 0. The van der Waals surface area contributed by atoms with Crippen LogP contribution in [0.2, 0.25) is 0 Å². The molecule has 1 aromatic carbocycles. The van der Waals surface area contributed by atoms with Gasteiger partial charge in [0, 0.05) is 37.9 Å². The fourth-order valence-corrected chi connectivity index (χ4v) is 4.25. The Bertz CT molecular complexity index is 934. The average molecular weight is 391 g/mol. The van der Waals surface area contributed by atoms with Crippen molar-refractivity contribution in [3.8, 4) is 5.75 Å². The zero-order valence-electron chi connectivity index (χ0n) is 15.8. The van der Waals surface area contributed by atoms with Crippen LogP contribution in [0.3, 0.4) is 0 Å². The van der Waals surface area contributed by atoms with Crippen molar-refractivity contribution in [1.29, 1.82) is 0 Å². The number of rotatable bonds is 7. The maximum absolute atomic E-state index is 12.7. The van der Waals surface area contributed by atoms with Crippen LogP contribution in [0.1, 0.15) is 29.9 Å². The minimum absolute atomic E-state index is 0.104. The number of benzene rings is 1. The summed E-state index contributed by atoms with van der Waals surface area (Å²) in [5.41, 5.74) is 1.16. The van der Waals surface area contributed by atoms with Crippen molar-refractivity contribution in [1.82, 2.24) is 14.2 Å². The average Bonchev–Trinajstić information content (AvgIpc) is 3.08. The second-order valence-electron chi connectivity index (χ2n) is 7.04. The highest BCUT2D eigenvalue weighted by Crippen LogP contribution is 2.22. The molecule has 0 aliphatic carbocycles. The molecule has 0 saturated carbocycles. The standard InChI is InChI=1S/C19H25N3O4S/c1-14(2)12-22-9-8-21-13-16(10-17(21)19(22)23)27(24,25)20-11-15-6-4-5-7-18(15)26-3/h4-7,10,13-14,20H,8-9,11-12H2,1-3H3. The van der Waals surface area contributed by atoms with Crippen molar-refractivity contribution in [2.45, 2.75) is 31.8 Å². The Morgan fingerprint density at radius 3 is 2.67 bits per heavy atom. The molecule has 0 bridgehead atoms. The highest BCUT2D eigenvalue weighted by atomic mass is 32.2. The van der Waals surface area contributed by atoms with Gasteiger partial charge in [0.15, 0.2) is 0 Å². The second-order valence-corrected chi connectivity index (χ2v) is 8.80. The number of fused-ring (bicyclic) bond motifs is 1. The minimum Gasteiger partial charge on any atom is -0.496 e. The number of carbonyl (C=O) groups is 1. The normalized spacial score (nSPS) is 14.5. The molecule has 8 heteroatoms. The summed E-state index contributed by atoms with van der Waals surface area (Å²) in [6, 6.07) is 8.69. The molecule has 1 aliphatic rings. The van der Waals surface area contributed by atoms with Crippen molar-refractivity contribution in [3.63, 3.8) is 0 Å². The Balaban J connectivity index is 1.78. The van der Waals surface area contributed by atoms with E-state index in [0.29, 0.717) is 37.0 Å². The highest BCUT2D eigenvalue weighted by molar-refractivity contribution is 7.89. The van der Waals surface area contributed by atoms with Crippen LogP contribution in [0.5, 0.6) is 5.75 Å². The van der Waals surface area contributed by atoms with Gasteiger partial charge in [-0.3, -0.25) is 4.79 Å². The molecule has 1 amide bonds. The molecule has 27 heavy (non-hydrogen) atoms. The van der Waals surface area contributed by atoms with Crippen molar-refractivity contribution in [2.75, 3.05) is 20.2 Å². The number of amides is 1. The van der Waals surface area contributed by atoms with Gasteiger partial charge in [0.1, 0.15) is 16.3 Å². The van der Waals surface area contributed by atoms with Crippen LogP contribution in [-0.2, 0) is 23.1 Å². The predicted molar refractivity (Wildman–Crippen MR) is 102 cm³/mol. The van der Waals surface area contributed by atoms with Crippen LogP contribution in [0.4, 0.5) is 0 Å². The van der Waals surface area contributed by atoms with Crippen LogP contribution in [-0.4, -0.2) is 44.0 Å². The molecular formula is C19H25N3O4S. The van der Waals surface area contributed by atoms with Crippen LogP contribution in [0, 0.1) is 5.92 Å². The molecule has 146 valence electrons. The van der Waals surface area contributed by atoms with Crippen LogP contribution in [0.25, 0.3) is 0 Å². The van der Waals surface area contributed by atoms with Gasteiger partial charge in [-0.25, -0.2) is 13.1 Å². The number of carbonyl (C=O) groups excluding carboxylic acids is 1. The van der Waals surface area contributed by atoms with Gasteiger partial charge >= 0.3 is 0 Å². The van der Waals surface area contributed by atoms with Gasteiger partial charge in [-0.15, -0.1) is 0 Å². The number of methoxy groups -OCH3 is 1. The van der Waals surface area contributed by atoms with Crippen LogP contribution in [0.15, 0.2) is 41.4 Å². The SMILES string of the molecule is COc1ccccc1CNS(=O)(=O)c1cc2n(c1)CCN(CC(C)C)C2=O. The summed E-state index contributed by atoms with van der Waals surface area (Å²) in [6.45, 7) is 6.07. The van der Waals surface area contributed by atoms with E-state index in [9.17, 15) is 13.2 Å². The Morgan fingerprint density at radius 1 is 1.22 bits per heavy atom. The zero-order chi connectivity index (χ0) is 19.6. The third-order valence-corrected chi connectivity index (χ3v) is 5.90. The highest BCUT2D eigenvalue weighted by Gasteiger charge is 2.28. The lowest BCUT2D eigenvalue weighted by Gasteiger charge is -2.29. The predicted octanol–water partition coefficient (Wildman–Crippen LogP) is 2.09. The number of aromatic nitrogens is 1. The molecule has 7 nitrogen and oxygen atoms in total. The topological polar surface area (TPSA) is 80.6 Å². The number of para-hydroxylation sites is 1. The smallest absolute Gasteiger partial charge is 0.270 e. The maximum atomic E-state index is 12.7. The van der Waals surface area contributed by atoms with Gasteiger partial charge in [-0.05, 0) is 18.1 Å². The van der Waals surface area contributed by atoms with E-state index in [1.54, 1.807) is 28.7 Å². The lowest BCUT2D eigenvalue weighted by atomic mass is 10.2. The van der Waals surface area contributed by atoms with E-state index in [0.717, 1.165) is 5.56 Å². The largest absolute Gasteiger partial charge is 0.496 e. The van der Waals surface area contributed by atoms with Crippen molar-refractivity contribution in [2.24, 2.45) is 5.92 Å². The third-order valence-electron chi connectivity index (χ3n) is 4.53. The fourth-order valence-electron chi connectivity index (χ4n) is 3.21. The Kier molecular flexibility index (Phi) is 5.57. The summed E-state index contributed by atoms with van der Waals surface area (Å²) in [5.74, 6) is 0.859. The summed E-state index contributed by atoms with van der Waals surface area (Å²) in [7, 11) is -2.19. The van der Waals surface area contributed by atoms with E-state index < -0.39 is 10.0 Å². The molecule has 3 rings (SSSR count). The minimum atomic E-state index is -3.74. The molecule has 2 heterocycles. The van der Waals surface area contributed by atoms with Gasteiger partial charge in [0.25, 0.3) is 5.91 Å². The molecule has 0 fully saturated rings. The van der Waals surface area contributed by atoms with Gasteiger partial charge < -0.3 is 14.2 Å². The third kappa shape index (κ3) is 4.17. The summed E-state index contributed by atoms with van der Waals surface area (Å²) in [6.07, 6.45) is 1.53. The second kappa shape index (κ2) is 7.74. The van der Waals surface area contributed by atoms with E-state index in [4.69, 9.17) is 4.74 Å². The molecule has 1 aliphatic heterocycles. The van der Waals surface area contributed by atoms with Crippen LogP contribution >= 0.6 is 0 Å². The first-order valence-electron chi connectivity index (χ1n) is 8.93. The maximum Gasteiger partial charge on any atom is 0.270 e. The number of nitrogens with zero attached hydrogens (tertiary/aromatic N) is 2. The van der Waals surface area contributed by atoms with Gasteiger partial charge in [0.2, 0.25) is 10.0 Å². The van der Waals surface area contributed by atoms with Gasteiger partial charge in [-0.1, -0.05) is 32.0 Å². The van der Waals surface area contributed by atoms with E-state index in [-0.39, 0.29) is 17.3 Å². The molecule has 0 radical (unpaired) electrons. The Labute approximate surface area is 160 Å². The first-order valence-corrected chi connectivity index (χ1v) is 10.4. The first kappa shape index (κ1) is 19.4. The molecular weight excluding hydrogens is 366 g/mol. The zero-order valence-corrected chi connectivity index (χ0v) is 16.6. The molecule has 0 saturated heterocycles. The van der Waals surface area contributed by atoms with E-state index in [1.807, 2.05) is 12.1 Å².